The highest BCUT2D eigenvalue weighted by molar-refractivity contribution is 5.73. The summed E-state index contributed by atoms with van der Waals surface area (Å²) in [7, 11) is 0. The summed E-state index contributed by atoms with van der Waals surface area (Å²) in [4.78, 5) is 9.13. The summed E-state index contributed by atoms with van der Waals surface area (Å²) in [6.45, 7) is 1.96. The molecule has 0 bridgehead atoms. The molecule has 2 aromatic rings. The zero-order valence-electron chi connectivity index (χ0n) is 9.85. The Labute approximate surface area is 101 Å². The first-order valence-corrected chi connectivity index (χ1v) is 5.94. The minimum absolute atomic E-state index is 0.859. The molecule has 1 aromatic carbocycles. The van der Waals surface area contributed by atoms with Gasteiger partial charge in [0.15, 0.2) is 0 Å². The summed E-state index contributed by atoms with van der Waals surface area (Å²) < 4.78 is 0. The zero-order valence-corrected chi connectivity index (χ0v) is 9.85. The summed E-state index contributed by atoms with van der Waals surface area (Å²) in [6.07, 6.45) is 6.46. The molecule has 0 saturated carbocycles. The van der Waals surface area contributed by atoms with Crippen molar-refractivity contribution in [2.45, 2.75) is 19.8 Å². The normalized spacial score (nSPS) is 13.5. The Hall–Kier alpha value is -1.96. The van der Waals surface area contributed by atoms with Gasteiger partial charge in [-0.3, -0.25) is 0 Å². The lowest BCUT2D eigenvalue weighted by Crippen LogP contribution is -2.05. The van der Waals surface area contributed by atoms with E-state index in [9.17, 15) is 0 Å². The molecule has 3 rings (SSSR count). The number of benzene rings is 1. The molecule has 0 atom stereocenters. The molecule has 0 fully saturated rings. The van der Waals surface area contributed by atoms with Gasteiger partial charge in [0.25, 0.3) is 0 Å². The Bertz CT molecular complexity index is 571. The topological polar surface area (TPSA) is 25.8 Å². The molecule has 0 saturated heterocycles. The van der Waals surface area contributed by atoms with E-state index in [2.05, 4.69) is 34.3 Å². The van der Waals surface area contributed by atoms with Crippen molar-refractivity contribution in [3.8, 4) is 11.3 Å². The predicted molar refractivity (Wildman–Crippen MR) is 69.6 cm³/mol. The fourth-order valence-corrected chi connectivity index (χ4v) is 2.24. The van der Waals surface area contributed by atoms with Crippen LogP contribution in [0.25, 0.3) is 17.3 Å². The summed E-state index contributed by atoms with van der Waals surface area (Å²) in [5, 5.41) is 0. The quantitative estimate of drug-likeness (QED) is 0.739. The molecule has 2 nitrogen and oxygen atoms in total. The minimum atomic E-state index is 0.859. The van der Waals surface area contributed by atoms with Crippen molar-refractivity contribution in [1.29, 1.82) is 0 Å². The van der Waals surface area contributed by atoms with Crippen LogP contribution in [0.15, 0.2) is 36.4 Å². The molecule has 0 unspecified atom stereocenters. The van der Waals surface area contributed by atoms with Gasteiger partial charge in [0.05, 0.1) is 11.4 Å². The van der Waals surface area contributed by atoms with Gasteiger partial charge in [0.2, 0.25) is 0 Å². The molecule has 1 aliphatic carbocycles. The van der Waals surface area contributed by atoms with E-state index >= 15 is 0 Å². The van der Waals surface area contributed by atoms with E-state index in [-0.39, 0.29) is 0 Å². The number of aromatic nitrogens is 2. The van der Waals surface area contributed by atoms with Crippen LogP contribution in [0.3, 0.4) is 0 Å². The molecule has 0 amide bonds. The Morgan fingerprint density at radius 2 is 1.88 bits per heavy atom. The number of fused-ring (bicyclic) bond motifs is 1. The molecular formula is C15H14N2. The van der Waals surface area contributed by atoms with Crippen molar-refractivity contribution >= 4 is 6.08 Å². The van der Waals surface area contributed by atoms with Crippen molar-refractivity contribution in [3.63, 3.8) is 0 Å². The molecule has 0 radical (unpaired) electrons. The fraction of sp³-hybridized carbons (Fsp3) is 0.200. The van der Waals surface area contributed by atoms with Crippen LogP contribution in [0.1, 0.15) is 23.5 Å². The van der Waals surface area contributed by atoms with E-state index in [1.807, 2.05) is 25.1 Å². The van der Waals surface area contributed by atoms with E-state index in [0.29, 0.717) is 0 Å². The van der Waals surface area contributed by atoms with E-state index in [4.69, 9.17) is 0 Å². The lowest BCUT2D eigenvalue weighted by molar-refractivity contribution is 0.886. The highest BCUT2D eigenvalue weighted by atomic mass is 14.9. The van der Waals surface area contributed by atoms with E-state index < -0.39 is 0 Å². The van der Waals surface area contributed by atoms with Gasteiger partial charge in [-0.25, -0.2) is 9.97 Å². The predicted octanol–water partition coefficient (Wildman–Crippen LogP) is 3.41. The monoisotopic (exact) mass is 222 g/mol. The fourth-order valence-electron chi connectivity index (χ4n) is 2.24. The lowest BCUT2D eigenvalue weighted by Gasteiger charge is -2.14. The first-order valence-electron chi connectivity index (χ1n) is 5.94. The molecule has 17 heavy (non-hydrogen) atoms. The number of nitrogens with zero attached hydrogens (tertiary/aromatic N) is 2. The SMILES string of the molecule is Cc1nc2c(c(-c3ccccc3)n1)C=CCC2. The van der Waals surface area contributed by atoms with Crippen molar-refractivity contribution in [1.82, 2.24) is 9.97 Å². The van der Waals surface area contributed by atoms with Gasteiger partial charge in [0, 0.05) is 11.1 Å². The molecule has 0 N–H and O–H groups in total. The van der Waals surface area contributed by atoms with Gasteiger partial charge in [-0.15, -0.1) is 0 Å². The number of rotatable bonds is 1. The molecule has 0 spiro atoms. The van der Waals surface area contributed by atoms with Crippen LogP contribution in [0.5, 0.6) is 0 Å². The number of hydrogen-bond acceptors (Lipinski definition) is 2. The first kappa shape index (κ1) is 10.2. The number of aryl methyl sites for hydroxylation is 2. The molecule has 1 heterocycles. The maximum Gasteiger partial charge on any atom is 0.126 e. The van der Waals surface area contributed by atoms with E-state index in [1.54, 1.807) is 0 Å². The summed E-state index contributed by atoms with van der Waals surface area (Å²) >= 11 is 0. The Balaban J connectivity index is 2.24. The maximum absolute atomic E-state index is 4.59. The molecule has 1 aliphatic rings. The third kappa shape index (κ3) is 1.86. The van der Waals surface area contributed by atoms with Crippen LogP contribution in [-0.2, 0) is 6.42 Å². The molecular weight excluding hydrogens is 208 g/mol. The average Bonchev–Trinajstić information content (AvgIpc) is 2.39. The highest BCUT2D eigenvalue weighted by Gasteiger charge is 2.14. The van der Waals surface area contributed by atoms with Gasteiger partial charge >= 0.3 is 0 Å². The van der Waals surface area contributed by atoms with Crippen LogP contribution in [0.4, 0.5) is 0 Å². The van der Waals surface area contributed by atoms with Crippen molar-refractivity contribution in [3.05, 3.63) is 53.5 Å². The van der Waals surface area contributed by atoms with Gasteiger partial charge in [-0.2, -0.15) is 0 Å². The third-order valence-corrected chi connectivity index (χ3v) is 3.02. The summed E-state index contributed by atoms with van der Waals surface area (Å²) in [5.41, 5.74) is 4.59. The largest absolute Gasteiger partial charge is 0.238 e. The lowest BCUT2D eigenvalue weighted by atomic mass is 9.97. The molecule has 84 valence electrons. The Morgan fingerprint density at radius 1 is 1.06 bits per heavy atom. The third-order valence-electron chi connectivity index (χ3n) is 3.02. The van der Waals surface area contributed by atoms with Gasteiger partial charge < -0.3 is 0 Å². The molecule has 2 heteroatoms. The van der Waals surface area contributed by atoms with Crippen LogP contribution in [-0.4, -0.2) is 9.97 Å². The van der Waals surface area contributed by atoms with Crippen molar-refractivity contribution < 1.29 is 0 Å². The van der Waals surface area contributed by atoms with Gasteiger partial charge in [-0.1, -0.05) is 42.5 Å². The number of hydrogen-bond donors (Lipinski definition) is 0. The maximum atomic E-state index is 4.59. The van der Waals surface area contributed by atoms with Gasteiger partial charge in [-0.05, 0) is 19.8 Å². The average molecular weight is 222 g/mol. The van der Waals surface area contributed by atoms with E-state index in [1.165, 1.54) is 16.8 Å². The van der Waals surface area contributed by atoms with Gasteiger partial charge in [0.1, 0.15) is 5.82 Å². The van der Waals surface area contributed by atoms with E-state index in [0.717, 1.165) is 24.4 Å². The first-order chi connectivity index (χ1) is 8.34. The zero-order chi connectivity index (χ0) is 11.7. The van der Waals surface area contributed by atoms with Crippen molar-refractivity contribution in [2.24, 2.45) is 0 Å². The second-order valence-corrected chi connectivity index (χ2v) is 4.29. The van der Waals surface area contributed by atoms with Crippen LogP contribution in [0, 0.1) is 6.92 Å². The summed E-state index contributed by atoms with van der Waals surface area (Å²) in [6, 6.07) is 10.3. The van der Waals surface area contributed by atoms with Crippen LogP contribution in [0.2, 0.25) is 0 Å². The van der Waals surface area contributed by atoms with Crippen LogP contribution < -0.4 is 0 Å². The standard InChI is InChI=1S/C15H14N2/c1-11-16-14-10-6-5-9-13(14)15(17-11)12-7-3-2-4-8-12/h2-5,7-9H,6,10H2,1H3. The van der Waals surface area contributed by atoms with Crippen molar-refractivity contribution in [2.75, 3.05) is 0 Å². The smallest absolute Gasteiger partial charge is 0.126 e. The molecule has 1 aromatic heterocycles. The second-order valence-electron chi connectivity index (χ2n) is 4.29. The van der Waals surface area contributed by atoms with Crippen LogP contribution >= 0.6 is 0 Å². The summed E-state index contributed by atoms with van der Waals surface area (Å²) in [5.74, 6) is 0.859. The Kier molecular flexibility index (Phi) is 2.48. The highest BCUT2D eigenvalue weighted by Crippen LogP contribution is 2.27. The minimum Gasteiger partial charge on any atom is -0.238 e. The molecule has 0 aliphatic heterocycles. The Morgan fingerprint density at radius 3 is 2.71 bits per heavy atom. The second kappa shape index (κ2) is 4.13. The number of allylic oxidation sites excluding steroid dienone is 1.